The molecule has 3 rings (SSSR count). The Hall–Kier alpha value is -1.96. The second-order valence-electron chi connectivity index (χ2n) is 8.35. The third-order valence-corrected chi connectivity index (χ3v) is 6.33. The number of morpholine rings is 1. The number of likely N-dealkylation sites (N-methyl/N-ethyl adjacent to an activating group) is 1. The number of nitrogens with zero attached hydrogens (tertiary/aromatic N) is 1. The molecule has 30 heavy (non-hydrogen) atoms. The van der Waals surface area contributed by atoms with E-state index in [1.807, 2.05) is 37.4 Å². The van der Waals surface area contributed by atoms with Gasteiger partial charge in [0.2, 0.25) is 11.8 Å². The molecule has 1 aromatic carbocycles. The van der Waals surface area contributed by atoms with E-state index in [2.05, 4.69) is 20.9 Å². The fourth-order valence-electron chi connectivity index (χ4n) is 4.39. The molecule has 1 saturated carbocycles. The van der Waals surface area contributed by atoms with Gasteiger partial charge in [-0.3, -0.25) is 14.5 Å². The third kappa shape index (κ3) is 6.27. The van der Waals surface area contributed by atoms with E-state index in [9.17, 15) is 9.59 Å². The maximum Gasteiger partial charge on any atom is 0.242 e. The summed E-state index contributed by atoms with van der Waals surface area (Å²) >= 11 is 0. The molecule has 7 nitrogen and oxygen atoms in total. The molecule has 1 aromatic rings. The molecule has 7 heteroatoms. The molecule has 166 valence electrons. The van der Waals surface area contributed by atoms with Crippen molar-refractivity contribution >= 4 is 11.8 Å². The molecule has 2 amide bonds. The van der Waals surface area contributed by atoms with E-state index in [1.54, 1.807) is 0 Å². The van der Waals surface area contributed by atoms with E-state index >= 15 is 0 Å². The average Bonchev–Trinajstić information content (AvgIpc) is 3.28. The summed E-state index contributed by atoms with van der Waals surface area (Å²) in [5, 5.41) is 9.30. The minimum Gasteiger partial charge on any atom is -0.379 e. The molecule has 2 aliphatic rings. The van der Waals surface area contributed by atoms with Crippen LogP contribution in [-0.2, 0) is 20.7 Å². The first kappa shape index (κ1) is 22.7. The highest BCUT2D eigenvalue weighted by Gasteiger charge is 2.41. The number of rotatable bonds is 10. The Morgan fingerprint density at radius 2 is 1.83 bits per heavy atom. The SMILES string of the molecule is CNC1(C(=O)N[C@H](Cc2ccccc2)C(=O)NCCCN2CCOCC2)CCCC1. The summed E-state index contributed by atoms with van der Waals surface area (Å²) in [5.41, 5.74) is 0.488. The number of hydrogen-bond acceptors (Lipinski definition) is 5. The predicted molar refractivity (Wildman–Crippen MR) is 117 cm³/mol. The quantitative estimate of drug-likeness (QED) is 0.498. The lowest BCUT2D eigenvalue weighted by Gasteiger charge is -2.30. The molecule has 0 radical (unpaired) electrons. The molecule has 0 spiro atoms. The van der Waals surface area contributed by atoms with Gasteiger partial charge in [0.1, 0.15) is 6.04 Å². The van der Waals surface area contributed by atoms with Crippen molar-refractivity contribution in [3.05, 3.63) is 35.9 Å². The second-order valence-corrected chi connectivity index (χ2v) is 8.35. The normalized spacial score (nSPS) is 19.9. The van der Waals surface area contributed by atoms with E-state index < -0.39 is 11.6 Å². The highest BCUT2D eigenvalue weighted by Crippen LogP contribution is 2.29. The van der Waals surface area contributed by atoms with Gasteiger partial charge in [-0.05, 0) is 38.4 Å². The molecule has 1 saturated heterocycles. The van der Waals surface area contributed by atoms with E-state index in [0.29, 0.717) is 13.0 Å². The second kappa shape index (κ2) is 11.4. The summed E-state index contributed by atoms with van der Waals surface area (Å²) in [6.45, 7) is 5.02. The van der Waals surface area contributed by atoms with Crippen molar-refractivity contribution < 1.29 is 14.3 Å². The zero-order chi connectivity index (χ0) is 21.2. The largest absolute Gasteiger partial charge is 0.379 e. The fraction of sp³-hybridized carbons (Fsp3) is 0.652. The zero-order valence-corrected chi connectivity index (χ0v) is 18.1. The highest BCUT2D eigenvalue weighted by molar-refractivity contribution is 5.92. The molecule has 0 bridgehead atoms. The van der Waals surface area contributed by atoms with Crippen molar-refractivity contribution in [1.82, 2.24) is 20.9 Å². The molecular weight excluding hydrogens is 380 g/mol. The van der Waals surface area contributed by atoms with E-state index in [4.69, 9.17) is 4.74 Å². The van der Waals surface area contributed by atoms with Gasteiger partial charge in [0.05, 0.1) is 18.8 Å². The van der Waals surface area contributed by atoms with Crippen molar-refractivity contribution in [1.29, 1.82) is 0 Å². The van der Waals surface area contributed by atoms with Crippen LogP contribution >= 0.6 is 0 Å². The van der Waals surface area contributed by atoms with Gasteiger partial charge in [-0.2, -0.15) is 0 Å². The number of nitrogens with one attached hydrogen (secondary N) is 3. The first-order chi connectivity index (χ1) is 14.6. The fourth-order valence-corrected chi connectivity index (χ4v) is 4.39. The summed E-state index contributed by atoms with van der Waals surface area (Å²) in [6, 6.07) is 9.29. The smallest absolute Gasteiger partial charge is 0.242 e. The topological polar surface area (TPSA) is 82.7 Å². The molecular formula is C23H36N4O3. The van der Waals surface area contributed by atoms with Gasteiger partial charge in [-0.25, -0.2) is 0 Å². The Bertz CT molecular complexity index is 670. The molecule has 1 aliphatic heterocycles. The van der Waals surface area contributed by atoms with Crippen LogP contribution in [0, 0.1) is 0 Å². The Kier molecular flexibility index (Phi) is 8.66. The Morgan fingerprint density at radius 1 is 1.13 bits per heavy atom. The van der Waals surface area contributed by atoms with Gasteiger partial charge in [0.25, 0.3) is 0 Å². The molecule has 3 N–H and O–H groups in total. The minimum absolute atomic E-state index is 0.0631. The van der Waals surface area contributed by atoms with Gasteiger partial charge < -0.3 is 20.7 Å². The lowest BCUT2D eigenvalue weighted by molar-refractivity contribution is -0.132. The summed E-state index contributed by atoms with van der Waals surface area (Å²) in [4.78, 5) is 28.4. The first-order valence-electron chi connectivity index (χ1n) is 11.2. The van der Waals surface area contributed by atoms with Crippen LogP contribution in [0.15, 0.2) is 30.3 Å². The molecule has 1 atom stereocenters. The number of carbonyl (C=O) groups excluding carboxylic acids is 2. The minimum atomic E-state index is -0.575. The van der Waals surface area contributed by atoms with Crippen molar-refractivity contribution in [2.45, 2.75) is 50.1 Å². The number of carbonyl (C=O) groups is 2. The Labute approximate surface area is 179 Å². The summed E-state index contributed by atoms with van der Waals surface area (Å²) in [6.07, 6.45) is 5.07. The van der Waals surface area contributed by atoms with Crippen LogP contribution in [0.25, 0.3) is 0 Å². The van der Waals surface area contributed by atoms with Crippen molar-refractivity contribution in [2.24, 2.45) is 0 Å². The van der Waals surface area contributed by atoms with Gasteiger partial charge >= 0.3 is 0 Å². The molecule has 0 unspecified atom stereocenters. The number of benzene rings is 1. The lowest BCUT2D eigenvalue weighted by Crippen LogP contribution is -2.59. The van der Waals surface area contributed by atoms with Crippen molar-refractivity contribution in [2.75, 3.05) is 46.4 Å². The number of hydrogen-bond donors (Lipinski definition) is 3. The van der Waals surface area contributed by atoms with Crippen LogP contribution in [0.3, 0.4) is 0 Å². The Morgan fingerprint density at radius 3 is 2.50 bits per heavy atom. The summed E-state index contributed by atoms with van der Waals surface area (Å²) in [7, 11) is 1.84. The highest BCUT2D eigenvalue weighted by atomic mass is 16.5. The maximum absolute atomic E-state index is 13.1. The number of ether oxygens (including phenoxy) is 1. The van der Waals surface area contributed by atoms with Crippen molar-refractivity contribution in [3.63, 3.8) is 0 Å². The standard InChI is InChI=1S/C23H36N4O3/c1-24-23(10-5-6-11-23)22(29)26-20(18-19-8-3-2-4-9-19)21(28)25-12-7-13-27-14-16-30-17-15-27/h2-4,8-9,20,24H,5-7,10-18H2,1H3,(H,25,28)(H,26,29)/t20-/m1/s1. The van der Waals surface area contributed by atoms with Gasteiger partial charge in [-0.1, -0.05) is 43.2 Å². The Balaban J connectivity index is 1.55. The van der Waals surface area contributed by atoms with Crippen molar-refractivity contribution in [3.8, 4) is 0 Å². The van der Waals surface area contributed by atoms with Crippen LogP contribution in [-0.4, -0.2) is 74.7 Å². The number of amides is 2. The molecule has 0 aromatic heterocycles. The van der Waals surface area contributed by atoms with Crippen LogP contribution in [0.1, 0.15) is 37.7 Å². The first-order valence-corrected chi connectivity index (χ1v) is 11.2. The lowest BCUT2D eigenvalue weighted by atomic mass is 9.95. The van der Waals surface area contributed by atoms with E-state index in [1.165, 1.54) is 0 Å². The van der Waals surface area contributed by atoms with Gasteiger partial charge in [-0.15, -0.1) is 0 Å². The van der Waals surface area contributed by atoms with Crippen LogP contribution in [0.5, 0.6) is 0 Å². The van der Waals surface area contributed by atoms with Crippen LogP contribution in [0.4, 0.5) is 0 Å². The predicted octanol–water partition coefficient (Wildman–Crippen LogP) is 1.08. The van der Waals surface area contributed by atoms with Crippen LogP contribution in [0.2, 0.25) is 0 Å². The third-order valence-electron chi connectivity index (χ3n) is 6.33. The van der Waals surface area contributed by atoms with E-state index in [0.717, 1.165) is 70.5 Å². The van der Waals surface area contributed by atoms with E-state index in [-0.39, 0.29) is 11.8 Å². The average molecular weight is 417 g/mol. The molecule has 2 fully saturated rings. The molecule has 1 aliphatic carbocycles. The maximum atomic E-state index is 13.1. The monoisotopic (exact) mass is 416 g/mol. The summed E-state index contributed by atoms with van der Waals surface area (Å²) in [5.74, 6) is -0.176. The van der Waals surface area contributed by atoms with Gasteiger partial charge in [0.15, 0.2) is 0 Å². The molecule has 1 heterocycles. The van der Waals surface area contributed by atoms with Gasteiger partial charge in [0, 0.05) is 26.1 Å². The summed E-state index contributed by atoms with van der Waals surface area (Å²) < 4.78 is 5.37. The van der Waals surface area contributed by atoms with Crippen LogP contribution < -0.4 is 16.0 Å². The zero-order valence-electron chi connectivity index (χ0n) is 18.1.